The molecule has 442 valence electrons. The molecule has 1 rings (SSSR count). The van der Waals surface area contributed by atoms with Crippen LogP contribution in [0, 0.1) is 0 Å². The van der Waals surface area contributed by atoms with Gasteiger partial charge in [-0.05, 0) is 89.9 Å². The Morgan fingerprint density at radius 2 is 0.908 bits per heavy atom. The molecule has 0 bridgehead atoms. The first-order chi connectivity index (χ1) is 37.2. The first-order valence-electron chi connectivity index (χ1n) is 31.6. The predicted octanol–water partition coefficient (Wildman–Crippen LogP) is 15.0. The minimum Gasteiger partial charge on any atom is -0.454 e. The molecule has 0 aromatic heterocycles. The summed E-state index contributed by atoms with van der Waals surface area (Å²) in [6, 6.07) is -1.03. The van der Waals surface area contributed by atoms with Gasteiger partial charge in [0.2, 0.25) is 5.91 Å². The van der Waals surface area contributed by atoms with E-state index in [2.05, 4.69) is 74.7 Å². The van der Waals surface area contributed by atoms with Crippen LogP contribution >= 0.6 is 0 Å². The van der Waals surface area contributed by atoms with Crippen molar-refractivity contribution in [2.45, 2.75) is 327 Å². The molecule has 6 N–H and O–H groups in total. The molecule has 1 heterocycles. The van der Waals surface area contributed by atoms with Gasteiger partial charge in [0, 0.05) is 6.42 Å². The number of ether oxygens (including phenoxy) is 3. The number of esters is 1. The third-order valence-electron chi connectivity index (χ3n) is 14.6. The van der Waals surface area contributed by atoms with E-state index in [4.69, 9.17) is 14.2 Å². The maximum Gasteiger partial charge on any atom is 0.306 e. The summed E-state index contributed by atoms with van der Waals surface area (Å²) in [6.07, 6.45) is 55.3. The van der Waals surface area contributed by atoms with E-state index in [0.717, 1.165) is 103 Å². The van der Waals surface area contributed by atoms with Gasteiger partial charge in [-0.25, -0.2) is 0 Å². The summed E-state index contributed by atoms with van der Waals surface area (Å²) in [4.78, 5) is 26.5. The monoisotopic (exact) mass is 1070 g/mol. The van der Waals surface area contributed by atoms with Crippen molar-refractivity contribution in [3.63, 3.8) is 0 Å². The maximum absolute atomic E-state index is 13.4. The number of allylic oxidation sites excluding steroid dienone is 9. The number of nitrogens with one attached hydrogen (secondary N) is 1. The van der Waals surface area contributed by atoms with Crippen LogP contribution in [0.5, 0.6) is 0 Å². The Morgan fingerprint density at radius 3 is 1.39 bits per heavy atom. The summed E-state index contributed by atoms with van der Waals surface area (Å²) >= 11 is 0. The third-order valence-corrected chi connectivity index (χ3v) is 14.6. The number of hydrogen-bond donors (Lipinski definition) is 6. The molecule has 0 spiro atoms. The number of aliphatic hydroxyl groups excluding tert-OH is 5. The highest BCUT2D eigenvalue weighted by Crippen LogP contribution is 2.26. The first kappa shape index (κ1) is 71.4. The van der Waals surface area contributed by atoms with Crippen LogP contribution in [0.3, 0.4) is 0 Å². The van der Waals surface area contributed by atoms with Crippen LogP contribution in [0.25, 0.3) is 0 Å². The van der Waals surface area contributed by atoms with Crippen LogP contribution in [0.4, 0.5) is 0 Å². The summed E-state index contributed by atoms with van der Waals surface area (Å²) in [5, 5.41) is 57.0. The number of unbranched alkanes of at least 4 members (excludes halogenated alkanes) is 31. The van der Waals surface area contributed by atoms with E-state index in [-0.39, 0.29) is 19.4 Å². The van der Waals surface area contributed by atoms with Gasteiger partial charge in [-0.15, -0.1) is 0 Å². The lowest BCUT2D eigenvalue weighted by Gasteiger charge is -2.41. The fourth-order valence-corrected chi connectivity index (χ4v) is 9.59. The fourth-order valence-electron chi connectivity index (χ4n) is 9.59. The molecule has 11 nitrogen and oxygen atoms in total. The average molecular weight is 1070 g/mol. The van der Waals surface area contributed by atoms with Crippen molar-refractivity contribution in [1.29, 1.82) is 0 Å². The SMILES string of the molecule is CCCCC/C=C\C/C=C\C/C=C\CCCCCCCCC(=O)OC1C(OCC(NC(=O)C(O)CCCCCCCC/C=C/CCCCCCCC)C(O)/C=C/CCCCCCCCCCCC)OC(CO)C(O)C1O. The average Bonchev–Trinajstić information content (AvgIpc) is 3.42. The van der Waals surface area contributed by atoms with Crippen molar-refractivity contribution in [2.24, 2.45) is 0 Å². The van der Waals surface area contributed by atoms with E-state index in [9.17, 15) is 35.1 Å². The lowest BCUT2D eigenvalue weighted by Crippen LogP contribution is -2.61. The van der Waals surface area contributed by atoms with Gasteiger partial charge < -0.3 is 45.1 Å². The number of rotatable bonds is 53. The van der Waals surface area contributed by atoms with Crippen molar-refractivity contribution in [3.8, 4) is 0 Å². The number of carbonyl (C=O) groups excluding carboxylic acids is 2. The van der Waals surface area contributed by atoms with Gasteiger partial charge in [-0.3, -0.25) is 9.59 Å². The van der Waals surface area contributed by atoms with Crippen LogP contribution in [-0.4, -0.2) is 99.6 Å². The van der Waals surface area contributed by atoms with Crippen LogP contribution in [-0.2, 0) is 23.8 Å². The lowest BCUT2D eigenvalue weighted by atomic mass is 9.99. The van der Waals surface area contributed by atoms with Crippen molar-refractivity contribution < 1.29 is 49.3 Å². The molecular weight excluding hydrogens is 955 g/mol. The zero-order chi connectivity index (χ0) is 55.4. The smallest absolute Gasteiger partial charge is 0.306 e. The largest absolute Gasteiger partial charge is 0.454 e. The van der Waals surface area contributed by atoms with Gasteiger partial charge in [0.1, 0.15) is 24.4 Å². The molecule has 8 unspecified atom stereocenters. The molecule has 1 aliphatic heterocycles. The van der Waals surface area contributed by atoms with Gasteiger partial charge in [0.15, 0.2) is 12.4 Å². The molecule has 11 heteroatoms. The van der Waals surface area contributed by atoms with E-state index in [1.165, 1.54) is 128 Å². The van der Waals surface area contributed by atoms with E-state index in [1.54, 1.807) is 6.08 Å². The minimum atomic E-state index is -1.62. The van der Waals surface area contributed by atoms with Crippen molar-refractivity contribution in [1.82, 2.24) is 5.32 Å². The van der Waals surface area contributed by atoms with Gasteiger partial charge in [-0.1, -0.05) is 242 Å². The Morgan fingerprint density at radius 1 is 0.513 bits per heavy atom. The minimum absolute atomic E-state index is 0.108. The summed E-state index contributed by atoms with van der Waals surface area (Å²) < 4.78 is 17.6. The number of aliphatic hydroxyl groups is 5. The Hall–Kier alpha value is -2.64. The molecular formula is C65H117NO10. The van der Waals surface area contributed by atoms with Crippen molar-refractivity contribution in [2.75, 3.05) is 13.2 Å². The van der Waals surface area contributed by atoms with Crippen LogP contribution < -0.4 is 5.32 Å². The van der Waals surface area contributed by atoms with E-state index in [0.29, 0.717) is 12.8 Å². The van der Waals surface area contributed by atoms with Crippen LogP contribution in [0.2, 0.25) is 0 Å². The topological polar surface area (TPSA) is 175 Å². The molecule has 1 aliphatic rings. The second-order valence-electron chi connectivity index (χ2n) is 21.8. The molecule has 0 aromatic carbocycles. The Bertz CT molecular complexity index is 1460. The summed E-state index contributed by atoms with van der Waals surface area (Å²) in [5.41, 5.74) is 0. The summed E-state index contributed by atoms with van der Waals surface area (Å²) in [6.45, 7) is 5.75. The van der Waals surface area contributed by atoms with Gasteiger partial charge in [0.05, 0.1) is 25.4 Å². The maximum atomic E-state index is 13.4. The number of amides is 1. The quantitative estimate of drug-likeness (QED) is 0.0195. The second kappa shape index (κ2) is 53.0. The molecule has 1 fully saturated rings. The van der Waals surface area contributed by atoms with Gasteiger partial charge in [-0.2, -0.15) is 0 Å². The molecule has 8 atom stereocenters. The first-order valence-corrected chi connectivity index (χ1v) is 31.6. The van der Waals surface area contributed by atoms with E-state index < -0.39 is 67.4 Å². The van der Waals surface area contributed by atoms with Crippen LogP contribution in [0.15, 0.2) is 60.8 Å². The van der Waals surface area contributed by atoms with Crippen LogP contribution in [0.1, 0.15) is 278 Å². The highest BCUT2D eigenvalue weighted by molar-refractivity contribution is 5.80. The van der Waals surface area contributed by atoms with E-state index >= 15 is 0 Å². The Balaban J connectivity index is 2.68. The van der Waals surface area contributed by atoms with Gasteiger partial charge >= 0.3 is 5.97 Å². The van der Waals surface area contributed by atoms with Crippen molar-refractivity contribution >= 4 is 11.9 Å². The fraction of sp³-hybridized carbons (Fsp3) is 0.815. The number of hydrogen-bond acceptors (Lipinski definition) is 10. The molecule has 0 aliphatic carbocycles. The zero-order valence-corrected chi connectivity index (χ0v) is 48.9. The highest BCUT2D eigenvalue weighted by Gasteiger charge is 2.47. The molecule has 0 radical (unpaired) electrons. The summed E-state index contributed by atoms with van der Waals surface area (Å²) in [7, 11) is 0. The summed E-state index contributed by atoms with van der Waals surface area (Å²) in [5.74, 6) is -1.21. The lowest BCUT2D eigenvalue weighted by molar-refractivity contribution is -0.305. The predicted molar refractivity (Wildman–Crippen MR) is 315 cm³/mol. The molecule has 1 saturated heterocycles. The third kappa shape index (κ3) is 40.5. The van der Waals surface area contributed by atoms with E-state index in [1.807, 2.05) is 6.08 Å². The molecule has 1 amide bonds. The Labute approximate surface area is 465 Å². The Kier molecular flexibility index (Phi) is 49.8. The molecule has 0 aromatic rings. The van der Waals surface area contributed by atoms with Gasteiger partial charge in [0.25, 0.3) is 0 Å². The highest BCUT2D eigenvalue weighted by atomic mass is 16.7. The number of carbonyl (C=O) groups is 2. The second-order valence-corrected chi connectivity index (χ2v) is 21.8. The zero-order valence-electron chi connectivity index (χ0n) is 48.9. The standard InChI is InChI=1S/C65H117NO10/c1-4-7-10-13-16-19-22-25-27-29-30-31-33-35-38-41-44-47-50-53-60(70)76-63-62(72)61(71)59(54-67)75-65(63)74-55-56(57(68)51-48-45-42-39-36-24-21-18-15-12-9-6-3)66-64(73)58(69)52-49-46-43-40-37-34-32-28-26-23-20-17-14-11-8-5-2/h16,19,25-28,30-31,48,51,56-59,61-63,65,67-69,71-72H,4-15,17-18,20-24,29,32-47,49-50,52-55H2,1-3H3,(H,66,73)/b19-16-,27-25-,28-26+,31-30-,51-48+. The molecule has 0 saturated carbocycles. The molecule has 76 heavy (non-hydrogen) atoms. The normalized spacial score (nSPS) is 19.5. The van der Waals surface area contributed by atoms with Crippen molar-refractivity contribution in [3.05, 3.63) is 60.8 Å².